The summed E-state index contributed by atoms with van der Waals surface area (Å²) in [6, 6.07) is 31.6. The highest BCUT2D eigenvalue weighted by molar-refractivity contribution is 6.30. The van der Waals surface area contributed by atoms with E-state index in [-0.39, 0.29) is 12.5 Å². The highest BCUT2D eigenvalue weighted by atomic mass is 35.5. The number of anilines is 1. The number of ether oxygens (including phenoxy) is 1. The lowest BCUT2D eigenvalue weighted by atomic mass is 9.84. The minimum atomic E-state index is -0.481. The van der Waals surface area contributed by atoms with Gasteiger partial charge in [-0.15, -0.1) is 0 Å². The van der Waals surface area contributed by atoms with Crippen LogP contribution < -0.4 is 15.4 Å². The molecule has 7 rings (SSSR count). The van der Waals surface area contributed by atoms with Gasteiger partial charge in [-0.3, -0.25) is 9.48 Å². The number of primary amides is 1. The number of carbonyl (C=O) groups excluding carboxylic acids is 1. The Labute approximate surface area is 267 Å². The number of amides is 1. The number of carbonyl (C=O) groups is 1. The van der Waals surface area contributed by atoms with Crippen molar-refractivity contribution in [2.24, 2.45) is 5.73 Å². The molecule has 1 aromatic heterocycles. The molecule has 2 fully saturated rings. The number of hydrogen-bond acceptors (Lipinski definition) is 4. The van der Waals surface area contributed by atoms with Gasteiger partial charge in [-0.2, -0.15) is 5.10 Å². The molecule has 4 aromatic carbocycles. The van der Waals surface area contributed by atoms with Crippen molar-refractivity contribution in [3.8, 4) is 5.75 Å². The van der Waals surface area contributed by atoms with Crippen LogP contribution in [-0.4, -0.2) is 35.4 Å². The summed E-state index contributed by atoms with van der Waals surface area (Å²) in [4.78, 5) is 13.4. The minimum Gasteiger partial charge on any atom is -0.484 e. The van der Waals surface area contributed by atoms with Gasteiger partial charge in [0.25, 0.3) is 5.91 Å². The van der Waals surface area contributed by atoms with E-state index in [1.54, 1.807) is 0 Å². The van der Waals surface area contributed by atoms with Gasteiger partial charge < -0.3 is 15.4 Å². The van der Waals surface area contributed by atoms with Crippen LogP contribution >= 0.6 is 23.2 Å². The molecule has 0 spiro atoms. The number of rotatable bonds is 9. The molecule has 0 radical (unpaired) electrons. The molecule has 0 atom stereocenters. The zero-order chi connectivity index (χ0) is 30.2. The second kappa shape index (κ2) is 12.2. The zero-order valence-corrected chi connectivity index (χ0v) is 25.8. The van der Waals surface area contributed by atoms with E-state index in [0.717, 1.165) is 41.7 Å². The van der Waals surface area contributed by atoms with Gasteiger partial charge in [0, 0.05) is 46.0 Å². The number of nitrogens with zero attached hydrogens (tertiary/aromatic N) is 3. The largest absolute Gasteiger partial charge is 0.484 e. The van der Waals surface area contributed by atoms with Crippen LogP contribution in [0, 0.1) is 0 Å². The van der Waals surface area contributed by atoms with E-state index in [9.17, 15) is 4.79 Å². The van der Waals surface area contributed by atoms with Crippen molar-refractivity contribution >= 4 is 45.7 Å². The number of nitrogens with two attached hydrogens (primary N) is 1. The lowest BCUT2D eigenvalue weighted by Gasteiger charge is -2.33. The van der Waals surface area contributed by atoms with Crippen molar-refractivity contribution in [3.05, 3.63) is 123 Å². The van der Waals surface area contributed by atoms with E-state index in [2.05, 4.69) is 52.0 Å². The summed E-state index contributed by atoms with van der Waals surface area (Å²) < 4.78 is 7.71. The van der Waals surface area contributed by atoms with E-state index in [1.807, 2.05) is 48.5 Å². The third-order valence-electron chi connectivity index (χ3n) is 8.86. The van der Waals surface area contributed by atoms with E-state index >= 15 is 0 Å². The number of aromatic nitrogens is 2. The van der Waals surface area contributed by atoms with Gasteiger partial charge in [0.15, 0.2) is 6.61 Å². The molecule has 6 nitrogen and oxygen atoms in total. The lowest BCUT2D eigenvalue weighted by Crippen LogP contribution is -2.33. The maximum Gasteiger partial charge on any atom is 0.255 e. The fourth-order valence-corrected chi connectivity index (χ4v) is 6.72. The van der Waals surface area contributed by atoms with Gasteiger partial charge in [0.05, 0.1) is 17.3 Å². The van der Waals surface area contributed by atoms with Gasteiger partial charge in [0.2, 0.25) is 0 Å². The number of piperidine rings is 1. The van der Waals surface area contributed by atoms with Crippen LogP contribution in [0.2, 0.25) is 10.0 Å². The highest BCUT2D eigenvalue weighted by Gasteiger charge is 2.31. The Bertz CT molecular complexity index is 1730. The van der Waals surface area contributed by atoms with Crippen molar-refractivity contribution in [1.82, 2.24) is 9.78 Å². The summed E-state index contributed by atoms with van der Waals surface area (Å²) in [5, 5.41) is 8.01. The molecule has 0 bridgehead atoms. The van der Waals surface area contributed by atoms with Gasteiger partial charge in [0.1, 0.15) is 5.75 Å². The normalized spacial score (nSPS) is 15.7. The van der Waals surface area contributed by atoms with Crippen LogP contribution in [0.3, 0.4) is 0 Å². The summed E-state index contributed by atoms with van der Waals surface area (Å²) in [6.45, 7) is 1.78. The van der Waals surface area contributed by atoms with E-state index in [4.69, 9.17) is 38.8 Å². The molecule has 5 aromatic rings. The molecule has 1 amide bonds. The topological polar surface area (TPSA) is 73.4 Å². The molecule has 1 saturated heterocycles. The molecule has 1 saturated carbocycles. The van der Waals surface area contributed by atoms with E-state index in [0.29, 0.717) is 17.7 Å². The maximum absolute atomic E-state index is 11.0. The second-order valence-electron chi connectivity index (χ2n) is 11.9. The predicted octanol–water partition coefficient (Wildman–Crippen LogP) is 8.11. The van der Waals surface area contributed by atoms with Crippen molar-refractivity contribution in [1.29, 1.82) is 0 Å². The van der Waals surface area contributed by atoms with Crippen LogP contribution in [0.4, 0.5) is 5.69 Å². The predicted molar refractivity (Wildman–Crippen MR) is 177 cm³/mol. The molecule has 44 heavy (non-hydrogen) atoms. The average Bonchev–Trinajstić information content (AvgIpc) is 3.82. The number of halogens is 2. The summed E-state index contributed by atoms with van der Waals surface area (Å²) in [7, 11) is 0. The van der Waals surface area contributed by atoms with Crippen molar-refractivity contribution in [3.63, 3.8) is 0 Å². The third kappa shape index (κ3) is 6.01. The Morgan fingerprint density at radius 2 is 1.41 bits per heavy atom. The van der Waals surface area contributed by atoms with Crippen LogP contribution in [0.25, 0.3) is 10.9 Å². The van der Waals surface area contributed by atoms with Crippen LogP contribution in [-0.2, 0) is 4.79 Å². The Hall–Kier alpha value is -4.00. The molecule has 1 aliphatic heterocycles. The van der Waals surface area contributed by atoms with Crippen LogP contribution in [0.1, 0.15) is 65.9 Å². The zero-order valence-electron chi connectivity index (χ0n) is 24.3. The molecule has 0 unspecified atom stereocenters. The number of fused-ring (bicyclic) bond motifs is 1. The molecule has 224 valence electrons. The quantitative estimate of drug-likeness (QED) is 0.168. The molecule has 1 aliphatic carbocycles. The second-order valence-corrected chi connectivity index (χ2v) is 12.8. The standard InChI is InChI=1S/C36H34Cl2N4O2/c37-27-6-1-23(2-7-27)35(24-3-8-28(38)9-4-24)26-5-16-33-32(21-26)36(40-42(33)30-10-11-30)25-17-19-41(20-18-25)29-12-14-31(15-13-29)44-22-34(39)43/h1-9,12-16,21,25,30,35H,10-11,17-20,22H2,(H2,39,43). The maximum atomic E-state index is 11.0. The van der Waals surface area contributed by atoms with Gasteiger partial charge in [-0.1, -0.05) is 53.5 Å². The minimum absolute atomic E-state index is 0.0443. The SMILES string of the molecule is NC(=O)COc1ccc(N2CCC(c3nn(C4CC4)c4ccc(C(c5ccc(Cl)cc5)c5ccc(Cl)cc5)cc34)CC2)cc1. The van der Waals surface area contributed by atoms with E-state index < -0.39 is 5.91 Å². The monoisotopic (exact) mass is 624 g/mol. The summed E-state index contributed by atoms with van der Waals surface area (Å²) >= 11 is 12.6. The summed E-state index contributed by atoms with van der Waals surface area (Å²) in [5.41, 5.74) is 12.4. The molecular formula is C36H34Cl2N4O2. The third-order valence-corrected chi connectivity index (χ3v) is 9.36. The van der Waals surface area contributed by atoms with Crippen LogP contribution in [0.5, 0.6) is 5.75 Å². The van der Waals surface area contributed by atoms with E-state index in [1.165, 1.54) is 46.1 Å². The van der Waals surface area contributed by atoms with Crippen LogP contribution in [0.15, 0.2) is 91.0 Å². The molecule has 8 heteroatoms. The van der Waals surface area contributed by atoms with Crippen molar-refractivity contribution < 1.29 is 9.53 Å². The molecule has 2 heterocycles. The van der Waals surface area contributed by atoms with Crippen molar-refractivity contribution in [2.75, 3.05) is 24.6 Å². The fourth-order valence-electron chi connectivity index (χ4n) is 6.47. The Balaban J connectivity index is 1.18. The van der Waals surface area contributed by atoms with Gasteiger partial charge in [-0.25, -0.2) is 0 Å². The van der Waals surface area contributed by atoms with Gasteiger partial charge in [-0.05, 0) is 103 Å². The first-order chi connectivity index (χ1) is 21.4. The number of hydrogen-bond donors (Lipinski definition) is 1. The first-order valence-electron chi connectivity index (χ1n) is 15.2. The Kier molecular flexibility index (Phi) is 7.96. The summed E-state index contributed by atoms with van der Waals surface area (Å²) in [6.07, 6.45) is 4.43. The first-order valence-corrected chi connectivity index (χ1v) is 16.0. The average molecular weight is 626 g/mol. The molecule has 2 aliphatic rings. The highest BCUT2D eigenvalue weighted by Crippen LogP contribution is 2.43. The lowest BCUT2D eigenvalue weighted by molar-refractivity contribution is -0.119. The van der Waals surface area contributed by atoms with Crippen molar-refractivity contribution in [2.45, 2.75) is 43.6 Å². The summed E-state index contributed by atoms with van der Waals surface area (Å²) in [5.74, 6) is 0.589. The Morgan fingerprint density at radius 1 is 0.818 bits per heavy atom. The molecule has 2 N–H and O–H groups in total. The Morgan fingerprint density at radius 3 is 1.98 bits per heavy atom. The fraction of sp³-hybridized carbons (Fsp3) is 0.278. The number of benzene rings is 4. The molecular weight excluding hydrogens is 591 g/mol. The first kappa shape index (κ1) is 28.8. The van der Waals surface area contributed by atoms with Gasteiger partial charge >= 0.3 is 0 Å². The smallest absolute Gasteiger partial charge is 0.255 e.